The number of nitrogens with zero attached hydrogens (tertiary/aromatic N) is 3. The standard InChI is InChI=1S/C15H21N5O/c1-12-5-6-14(18-11-12)16-7-3-8-17-15(21)13(2)20-10-4-9-19-20/h4-6,9-11,13H,3,7-8H2,1-2H3,(H,16,18)(H,17,21). The van der Waals surface area contributed by atoms with E-state index in [1.54, 1.807) is 17.1 Å². The zero-order valence-corrected chi connectivity index (χ0v) is 12.4. The molecular formula is C15H21N5O. The number of rotatable bonds is 7. The van der Waals surface area contributed by atoms with E-state index in [4.69, 9.17) is 0 Å². The van der Waals surface area contributed by atoms with E-state index in [1.165, 1.54) is 0 Å². The highest BCUT2D eigenvalue weighted by Gasteiger charge is 2.13. The van der Waals surface area contributed by atoms with Crippen molar-refractivity contribution in [1.82, 2.24) is 20.1 Å². The van der Waals surface area contributed by atoms with Crippen molar-refractivity contribution >= 4 is 11.7 Å². The van der Waals surface area contributed by atoms with E-state index in [-0.39, 0.29) is 11.9 Å². The number of aryl methyl sites for hydroxylation is 1. The molecule has 0 fully saturated rings. The number of carbonyl (C=O) groups excluding carboxylic acids is 1. The average molecular weight is 287 g/mol. The summed E-state index contributed by atoms with van der Waals surface area (Å²) in [6.07, 6.45) is 6.13. The number of aromatic nitrogens is 3. The van der Waals surface area contributed by atoms with Crippen molar-refractivity contribution in [3.8, 4) is 0 Å². The van der Waals surface area contributed by atoms with E-state index in [0.29, 0.717) is 6.54 Å². The molecule has 2 aromatic rings. The normalized spacial score (nSPS) is 11.9. The molecule has 2 N–H and O–H groups in total. The Morgan fingerprint density at radius 2 is 2.24 bits per heavy atom. The molecule has 112 valence electrons. The van der Waals surface area contributed by atoms with Crippen molar-refractivity contribution in [2.24, 2.45) is 0 Å². The molecule has 0 aromatic carbocycles. The molecule has 21 heavy (non-hydrogen) atoms. The number of anilines is 1. The zero-order valence-electron chi connectivity index (χ0n) is 12.4. The van der Waals surface area contributed by atoms with Crippen LogP contribution in [0, 0.1) is 6.92 Å². The minimum absolute atomic E-state index is 0.0211. The number of carbonyl (C=O) groups is 1. The lowest BCUT2D eigenvalue weighted by Crippen LogP contribution is -2.32. The Hall–Kier alpha value is -2.37. The molecular weight excluding hydrogens is 266 g/mol. The average Bonchev–Trinajstić information content (AvgIpc) is 3.02. The second kappa shape index (κ2) is 7.42. The molecule has 1 atom stereocenters. The predicted molar refractivity (Wildman–Crippen MR) is 82.0 cm³/mol. The Morgan fingerprint density at radius 3 is 2.90 bits per heavy atom. The van der Waals surface area contributed by atoms with Gasteiger partial charge < -0.3 is 10.6 Å². The number of hydrogen-bond acceptors (Lipinski definition) is 4. The van der Waals surface area contributed by atoms with E-state index >= 15 is 0 Å². The number of nitrogens with one attached hydrogen (secondary N) is 2. The molecule has 1 unspecified atom stereocenters. The molecule has 0 bridgehead atoms. The fourth-order valence-corrected chi connectivity index (χ4v) is 1.87. The van der Waals surface area contributed by atoms with Crippen LogP contribution in [0.4, 0.5) is 5.82 Å². The fraction of sp³-hybridized carbons (Fsp3) is 0.400. The topological polar surface area (TPSA) is 71.8 Å². The Morgan fingerprint density at radius 1 is 1.38 bits per heavy atom. The highest BCUT2D eigenvalue weighted by atomic mass is 16.2. The first-order valence-electron chi connectivity index (χ1n) is 7.10. The van der Waals surface area contributed by atoms with Gasteiger partial charge in [-0.05, 0) is 38.0 Å². The van der Waals surface area contributed by atoms with Gasteiger partial charge in [-0.25, -0.2) is 4.98 Å². The Balaban J connectivity index is 1.63. The molecule has 0 saturated heterocycles. The summed E-state index contributed by atoms with van der Waals surface area (Å²) in [5.74, 6) is 0.837. The molecule has 0 aliphatic rings. The second-order valence-electron chi connectivity index (χ2n) is 4.95. The maximum absolute atomic E-state index is 11.9. The minimum atomic E-state index is -0.285. The quantitative estimate of drug-likeness (QED) is 0.761. The van der Waals surface area contributed by atoms with Crippen LogP contribution in [0.1, 0.15) is 24.9 Å². The lowest BCUT2D eigenvalue weighted by atomic mass is 10.3. The second-order valence-corrected chi connectivity index (χ2v) is 4.95. The fourth-order valence-electron chi connectivity index (χ4n) is 1.87. The van der Waals surface area contributed by atoms with Crippen molar-refractivity contribution in [2.75, 3.05) is 18.4 Å². The molecule has 0 spiro atoms. The molecule has 0 aliphatic heterocycles. The van der Waals surface area contributed by atoms with Gasteiger partial charge in [-0.3, -0.25) is 9.48 Å². The third-order valence-corrected chi connectivity index (χ3v) is 3.17. The summed E-state index contributed by atoms with van der Waals surface area (Å²) in [6, 6.07) is 5.49. The van der Waals surface area contributed by atoms with Gasteiger partial charge in [0.05, 0.1) is 0 Å². The van der Waals surface area contributed by atoms with E-state index in [0.717, 1.165) is 24.3 Å². The maximum atomic E-state index is 11.9. The Labute approximate surface area is 124 Å². The lowest BCUT2D eigenvalue weighted by Gasteiger charge is -2.12. The molecule has 0 radical (unpaired) electrons. The van der Waals surface area contributed by atoms with Crippen molar-refractivity contribution < 1.29 is 4.79 Å². The summed E-state index contributed by atoms with van der Waals surface area (Å²) in [5, 5.41) is 10.2. The van der Waals surface area contributed by atoms with Gasteiger partial charge in [-0.2, -0.15) is 5.10 Å². The monoisotopic (exact) mass is 287 g/mol. The van der Waals surface area contributed by atoms with E-state index < -0.39 is 0 Å². The van der Waals surface area contributed by atoms with Crippen molar-refractivity contribution in [3.05, 3.63) is 42.4 Å². The molecule has 2 heterocycles. The highest BCUT2D eigenvalue weighted by molar-refractivity contribution is 5.79. The van der Waals surface area contributed by atoms with Crippen LogP contribution in [0.3, 0.4) is 0 Å². The first-order valence-corrected chi connectivity index (χ1v) is 7.10. The van der Waals surface area contributed by atoms with Gasteiger partial charge >= 0.3 is 0 Å². The molecule has 1 amide bonds. The van der Waals surface area contributed by atoms with E-state index in [9.17, 15) is 4.79 Å². The van der Waals surface area contributed by atoms with Crippen molar-refractivity contribution in [2.45, 2.75) is 26.3 Å². The van der Waals surface area contributed by atoms with Crippen LogP contribution in [-0.4, -0.2) is 33.8 Å². The molecule has 2 rings (SSSR count). The molecule has 0 saturated carbocycles. The lowest BCUT2D eigenvalue weighted by molar-refractivity contribution is -0.124. The Kier molecular flexibility index (Phi) is 5.31. The van der Waals surface area contributed by atoms with Crippen molar-refractivity contribution in [1.29, 1.82) is 0 Å². The maximum Gasteiger partial charge on any atom is 0.244 e. The minimum Gasteiger partial charge on any atom is -0.370 e. The number of amides is 1. The SMILES string of the molecule is Cc1ccc(NCCCNC(=O)C(C)n2cccn2)nc1. The first-order chi connectivity index (χ1) is 10.2. The smallest absolute Gasteiger partial charge is 0.244 e. The van der Waals surface area contributed by atoms with Crippen LogP contribution < -0.4 is 10.6 Å². The molecule has 6 nitrogen and oxygen atoms in total. The number of pyridine rings is 1. The van der Waals surface area contributed by atoms with Gasteiger partial charge in [-0.15, -0.1) is 0 Å². The van der Waals surface area contributed by atoms with Crippen LogP contribution in [0.5, 0.6) is 0 Å². The van der Waals surface area contributed by atoms with Gasteiger partial charge in [0, 0.05) is 31.7 Å². The van der Waals surface area contributed by atoms with Crippen LogP contribution in [-0.2, 0) is 4.79 Å². The summed E-state index contributed by atoms with van der Waals surface area (Å²) in [6.45, 7) is 5.24. The van der Waals surface area contributed by atoms with E-state index in [2.05, 4.69) is 20.7 Å². The summed E-state index contributed by atoms with van der Waals surface area (Å²) in [4.78, 5) is 16.2. The third-order valence-electron chi connectivity index (χ3n) is 3.17. The molecule has 6 heteroatoms. The molecule has 0 aliphatic carbocycles. The zero-order chi connectivity index (χ0) is 15.1. The molecule has 2 aromatic heterocycles. The Bertz CT molecular complexity index is 550. The largest absolute Gasteiger partial charge is 0.370 e. The highest BCUT2D eigenvalue weighted by Crippen LogP contribution is 2.04. The van der Waals surface area contributed by atoms with Crippen LogP contribution in [0.25, 0.3) is 0 Å². The number of hydrogen-bond donors (Lipinski definition) is 2. The van der Waals surface area contributed by atoms with E-state index in [1.807, 2.05) is 38.2 Å². The van der Waals surface area contributed by atoms with Gasteiger partial charge in [-0.1, -0.05) is 6.07 Å². The summed E-state index contributed by atoms with van der Waals surface area (Å²) in [5.41, 5.74) is 1.14. The van der Waals surface area contributed by atoms with Crippen LogP contribution in [0.2, 0.25) is 0 Å². The van der Waals surface area contributed by atoms with Gasteiger partial charge in [0.2, 0.25) is 5.91 Å². The van der Waals surface area contributed by atoms with Gasteiger partial charge in [0.15, 0.2) is 0 Å². The van der Waals surface area contributed by atoms with Crippen LogP contribution >= 0.6 is 0 Å². The third kappa shape index (κ3) is 4.59. The predicted octanol–water partition coefficient (Wildman–Crippen LogP) is 1.77. The summed E-state index contributed by atoms with van der Waals surface area (Å²) < 4.78 is 1.64. The van der Waals surface area contributed by atoms with Gasteiger partial charge in [0.25, 0.3) is 0 Å². The summed E-state index contributed by atoms with van der Waals surface area (Å²) >= 11 is 0. The van der Waals surface area contributed by atoms with Crippen molar-refractivity contribution in [3.63, 3.8) is 0 Å². The van der Waals surface area contributed by atoms with Gasteiger partial charge in [0.1, 0.15) is 11.9 Å². The summed E-state index contributed by atoms with van der Waals surface area (Å²) in [7, 11) is 0. The first kappa shape index (κ1) is 15.0. The van der Waals surface area contributed by atoms with Crippen LogP contribution in [0.15, 0.2) is 36.8 Å².